The van der Waals surface area contributed by atoms with Crippen LogP contribution in [0.1, 0.15) is 5.76 Å². The molecule has 0 spiro atoms. The van der Waals surface area contributed by atoms with Crippen LogP contribution in [0.3, 0.4) is 0 Å². The lowest BCUT2D eigenvalue weighted by Crippen LogP contribution is -1.88. The lowest BCUT2D eigenvalue weighted by Gasteiger charge is -2.04. The number of halogens is 1. The maximum Gasteiger partial charge on any atom is 0.147 e. The van der Waals surface area contributed by atoms with E-state index in [9.17, 15) is 0 Å². The fourth-order valence-electron chi connectivity index (χ4n) is 1.91. The summed E-state index contributed by atoms with van der Waals surface area (Å²) in [6.45, 7) is 0. The van der Waals surface area contributed by atoms with Gasteiger partial charge in [-0.15, -0.1) is 11.8 Å². The number of nitrogens with two attached hydrogens (primary N) is 1. The Bertz CT molecular complexity index is 743. The lowest BCUT2D eigenvalue weighted by molar-refractivity contribution is 0.397. The van der Waals surface area contributed by atoms with Crippen molar-refractivity contribution >= 4 is 33.4 Å². The molecule has 1 heterocycles. The Balaban J connectivity index is 1.72. The van der Waals surface area contributed by atoms with Crippen molar-refractivity contribution in [3.8, 4) is 11.3 Å². The quantitative estimate of drug-likeness (QED) is 0.526. The van der Waals surface area contributed by atoms with Gasteiger partial charge < -0.3 is 10.3 Å². The molecule has 21 heavy (non-hydrogen) atoms. The molecule has 3 nitrogen and oxygen atoms in total. The molecule has 0 unspecified atom stereocenters. The van der Waals surface area contributed by atoms with E-state index in [4.69, 9.17) is 10.3 Å². The van der Waals surface area contributed by atoms with Gasteiger partial charge in [0.25, 0.3) is 0 Å². The van der Waals surface area contributed by atoms with Crippen LogP contribution in [0, 0.1) is 0 Å². The highest BCUT2D eigenvalue weighted by atomic mass is 79.9. The molecular weight excluding hydrogens is 348 g/mol. The summed E-state index contributed by atoms with van der Waals surface area (Å²) in [4.78, 5) is 1.03. The third-order valence-corrected chi connectivity index (χ3v) is 4.56. The molecule has 5 heteroatoms. The van der Waals surface area contributed by atoms with Crippen LogP contribution in [0.15, 0.2) is 68.5 Å². The minimum absolute atomic E-state index is 0.695. The summed E-state index contributed by atoms with van der Waals surface area (Å²) in [6.07, 6.45) is 0. The van der Waals surface area contributed by atoms with Gasteiger partial charge in [0.05, 0.1) is 5.75 Å². The van der Waals surface area contributed by atoms with Gasteiger partial charge in [0.15, 0.2) is 0 Å². The van der Waals surface area contributed by atoms with Crippen LogP contribution >= 0.6 is 27.7 Å². The van der Waals surface area contributed by atoms with Crippen molar-refractivity contribution in [3.05, 3.63) is 64.8 Å². The summed E-state index contributed by atoms with van der Waals surface area (Å²) in [7, 11) is 0. The average Bonchev–Trinajstić information content (AvgIpc) is 2.98. The zero-order chi connectivity index (χ0) is 14.7. The monoisotopic (exact) mass is 360 g/mol. The molecule has 2 aromatic carbocycles. The van der Waals surface area contributed by atoms with E-state index in [-0.39, 0.29) is 0 Å². The Morgan fingerprint density at radius 2 is 1.90 bits per heavy atom. The average molecular weight is 361 g/mol. The number of benzene rings is 2. The molecule has 0 aliphatic carbocycles. The van der Waals surface area contributed by atoms with Gasteiger partial charge in [0.1, 0.15) is 11.5 Å². The Labute approximate surface area is 135 Å². The first-order valence-electron chi connectivity index (χ1n) is 6.41. The molecule has 0 aliphatic heterocycles. The normalized spacial score (nSPS) is 10.7. The van der Waals surface area contributed by atoms with E-state index in [1.807, 2.05) is 54.6 Å². The van der Waals surface area contributed by atoms with Crippen molar-refractivity contribution in [1.82, 2.24) is 5.16 Å². The topological polar surface area (TPSA) is 52.0 Å². The molecule has 0 saturated heterocycles. The van der Waals surface area contributed by atoms with Gasteiger partial charge in [0, 0.05) is 26.7 Å². The van der Waals surface area contributed by atoms with Crippen molar-refractivity contribution in [2.45, 2.75) is 10.6 Å². The number of thioether (sulfide) groups is 1. The van der Waals surface area contributed by atoms with Gasteiger partial charge in [-0.1, -0.05) is 51.4 Å². The molecule has 0 fully saturated rings. The molecule has 106 valence electrons. The van der Waals surface area contributed by atoms with Crippen LogP contribution in [0.4, 0.5) is 5.69 Å². The van der Waals surface area contributed by atoms with Gasteiger partial charge in [-0.2, -0.15) is 0 Å². The first-order valence-corrected chi connectivity index (χ1v) is 8.19. The number of rotatable bonds is 4. The van der Waals surface area contributed by atoms with Crippen LogP contribution in [-0.4, -0.2) is 5.16 Å². The summed E-state index contributed by atoms with van der Waals surface area (Å²) in [5.74, 6) is 1.53. The summed E-state index contributed by atoms with van der Waals surface area (Å²) >= 11 is 5.09. The van der Waals surface area contributed by atoms with E-state index < -0.39 is 0 Å². The van der Waals surface area contributed by atoms with Crippen molar-refractivity contribution in [2.24, 2.45) is 0 Å². The summed E-state index contributed by atoms with van der Waals surface area (Å²) in [5.41, 5.74) is 8.64. The highest BCUT2D eigenvalue weighted by molar-refractivity contribution is 9.10. The smallest absolute Gasteiger partial charge is 0.147 e. The number of hydrogen-bond acceptors (Lipinski definition) is 4. The molecule has 3 rings (SSSR count). The molecule has 0 saturated carbocycles. The van der Waals surface area contributed by atoms with Crippen LogP contribution < -0.4 is 5.73 Å². The van der Waals surface area contributed by atoms with Gasteiger partial charge in [0.2, 0.25) is 0 Å². The van der Waals surface area contributed by atoms with E-state index in [0.29, 0.717) is 5.75 Å². The van der Waals surface area contributed by atoms with Crippen LogP contribution in [0.5, 0.6) is 0 Å². The molecular formula is C16H13BrN2OS. The molecule has 0 aliphatic rings. The van der Waals surface area contributed by atoms with Crippen LogP contribution in [-0.2, 0) is 5.75 Å². The summed E-state index contributed by atoms with van der Waals surface area (Å²) in [6, 6.07) is 17.8. The second-order valence-corrected chi connectivity index (χ2v) is 6.45. The van der Waals surface area contributed by atoms with Gasteiger partial charge in [-0.25, -0.2) is 0 Å². The van der Waals surface area contributed by atoms with E-state index >= 15 is 0 Å². The minimum atomic E-state index is 0.695. The van der Waals surface area contributed by atoms with E-state index in [2.05, 4.69) is 21.1 Å². The number of anilines is 1. The predicted octanol–water partition coefficient (Wildman–Crippen LogP) is 4.98. The molecule has 1 aromatic heterocycles. The maximum atomic E-state index is 5.96. The van der Waals surface area contributed by atoms with Gasteiger partial charge in [-0.05, 0) is 18.2 Å². The number of nitrogens with zero attached hydrogens (tertiary/aromatic N) is 1. The maximum absolute atomic E-state index is 5.96. The second-order valence-electron chi connectivity index (χ2n) is 4.52. The second kappa shape index (κ2) is 6.37. The van der Waals surface area contributed by atoms with Gasteiger partial charge in [-0.3, -0.25) is 0 Å². The first-order chi connectivity index (χ1) is 10.2. The van der Waals surface area contributed by atoms with Crippen molar-refractivity contribution in [3.63, 3.8) is 0 Å². The number of aromatic nitrogens is 1. The third kappa shape index (κ3) is 3.49. The van der Waals surface area contributed by atoms with Crippen molar-refractivity contribution < 1.29 is 4.52 Å². The van der Waals surface area contributed by atoms with Crippen LogP contribution in [0.2, 0.25) is 0 Å². The molecule has 0 amide bonds. The molecule has 0 bridgehead atoms. The largest absolute Gasteiger partial charge is 0.398 e. The Morgan fingerprint density at radius 1 is 1.10 bits per heavy atom. The third-order valence-electron chi connectivity index (χ3n) is 2.97. The van der Waals surface area contributed by atoms with Crippen molar-refractivity contribution in [1.29, 1.82) is 0 Å². The van der Waals surface area contributed by atoms with E-state index in [1.54, 1.807) is 11.8 Å². The highest BCUT2D eigenvalue weighted by Crippen LogP contribution is 2.31. The summed E-state index contributed by atoms with van der Waals surface area (Å²) < 4.78 is 6.40. The first kappa shape index (κ1) is 14.2. The van der Waals surface area contributed by atoms with E-state index in [0.717, 1.165) is 32.1 Å². The van der Waals surface area contributed by atoms with Crippen LogP contribution in [0.25, 0.3) is 11.3 Å². The lowest BCUT2D eigenvalue weighted by atomic mass is 10.1. The zero-order valence-corrected chi connectivity index (χ0v) is 13.5. The number of hydrogen-bond donors (Lipinski definition) is 1. The molecule has 0 atom stereocenters. The summed E-state index contributed by atoms with van der Waals surface area (Å²) in [5, 5.41) is 4.11. The van der Waals surface area contributed by atoms with Crippen molar-refractivity contribution in [2.75, 3.05) is 5.73 Å². The van der Waals surface area contributed by atoms with E-state index in [1.165, 1.54) is 0 Å². The molecule has 0 radical (unpaired) electrons. The fraction of sp³-hybridized carbons (Fsp3) is 0.0625. The predicted molar refractivity (Wildman–Crippen MR) is 90.1 cm³/mol. The standard InChI is InChI=1S/C16H13BrN2OS/c17-12-6-7-14(18)16(8-12)21-10-13-9-15(19-20-13)11-4-2-1-3-5-11/h1-9H,10,18H2. The minimum Gasteiger partial charge on any atom is -0.398 e. The zero-order valence-electron chi connectivity index (χ0n) is 11.1. The Morgan fingerprint density at radius 3 is 2.71 bits per heavy atom. The Hall–Kier alpha value is -1.72. The fourth-order valence-corrected chi connectivity index (χ4v) is 3.30. The molecule has 2 N–H and O–H groups in total. The number of nitrogen functional groups attached to an aromatic ring is 1. The molecule has 3 aromatic rings. The van der Waals surface area contributed by atoms with Gasteiger partial charge >= 0.3 is 0 Å². The SMILES string of the molecule is Nc1ccc(Br)cc1SCc1cc(-c2ccccc2)no1. The highest BCUT2D eigenvalue weighted by Gasteiger charge is 2.08. The Kier molecular flexibility index (Phi) is 4.31.